The van der Waals surface area contributed by atoms with Gasteiger partial charge in [0.05, 0.1) is 4.92 Å². The molecule has 1 aliphatic carbocycles. The lowest BCUT2D eigenvalue weighted by Gasteiger charge is -2.27. The predicted molar refractivity (Wildman–Crippen MR) is 129 cm³/mol. The van der Waals surface area contributed by atoms with Crippen LogP contribution in [0.25, 0.3) is 0 Å². The van der Waals surface area contributed by atoms with Crippen LogP contribution >= 0.6 is 0 Å². The van der Waals surface area contributed by atoms with Crippen molar-refractivity contribution in [3.8, 4) is 17.6 Å². The number of hydrogen-bond acceptors (Lipinski definition) is 5. The van der Waals surface area contributed by atoms with Crippen LogP contribution in [0.2, 0.25) is 0 Å². The van der Waals surface area contributed by atoms with Crippen molar-refractivity contribution in [1.29, 1.82) is 0 Å². The fourth-order valence-corrected chi connectivity index (χ4v) is 4.17. The van der Waals surface area contributed by atoms with E-state index in [9.17, 15) is 38.3 Å². The van der Waals surface area contributed by atoms with Gasteiger partial charge in [-0.25, -0.2) is 0 Å². The van der Waals surface area contributed by atoms with Gasteiger partial charge in [-0.05, 0) is 54.2 Å². The molecule has 1 fully saturated rings. The highest BCUT2D eigenvalue weighted by Gasteiger charge is 2.52. The third-order valence-corrected chi connectivity index (χ3v) is 6.23. The van der Waals surface area contributed by atoms with E-state index in [2.05, 4.69) is 17.2 Å². The molecule has 1 amide bonds. The van der Waals surface area contributed by atoms with E-state index in [0.717, 1.165) is 11.6 Å². The summed E-state index contributed by atoms with van der Waals surface area (Å²) >= 11 is 0. The number of aliphatic hydroxyl groups is 1. The van der Waals surface area contributed by atoms with Crippen LogP contribution in [0, 0.1) is 22.0 Å². The van der Waals surface area contributed by atoms with Crippen LogP contribution in [-0.4, -0.2) is 26.6 Å². The summed E-state index contributed by atoms with van der Waals surface area (Å²) in [4.78, 5) is 23.2. The van der Waals surface area contributed by atoms with Crippen LogP contribution < -0.4 is 5.32 Å². The number of hydrogen-bond donors (Lipinski definition) is 3. The van der Waals surface area contributed by atoms with Crippen molar-refractivity contribution in [1.82, 2.24) is 0 Å². The van der Waals surface area contributed by atoms with Crippen molar-refractivity contribution < 1.29 is 33.1 Å². The SMILES string of the molecule is O=C(Nc1ccc([N+](=O)[O-])c(C(F)(F)F)c1)C(O)(C#Cc1cccc(O)c1)CC1(c2ccccc2)CC1. The van der Waals surface area contributed by atoms with Crippen molar-refractivity contribution in [2.24, 2.45) is 0 Å². The summed E-state index contributed by atoms with van der Waals surface area (Å²) in [7, 11) is 0. The molecule has 0 saturated heterocycles. The van der Waals surface area contributed by atoms with Gasteiger partial charge >= 0.3 is 6.18 Å². The van der Waals surface area contributed by atoms with Crippen LogP contribution in [0.5, 0.6) is 5.75 Å². The fourth-order valence-electron chi connectivity index (χ4n) is 4.17. The lowest BCUT2D eigenvalue weighted by atomic mass is 9.82. The first-order valence-corrected chi connectivity index (χ1v) is 11.2. The monoisotopic (exact) mass is 510 g/mol. The molecule has 7 nitrogen and oxygen atoms in total. The van der Waals surface area contributed by atoms with Gasteiger partial charge in [0.2, 0.25) is 5.60 Å². The molecule has 3 aromatic rings. The Hall–Kier alpha value is -4.36. The largest absolute Gasteiger partial charge is 0.508 e. The molecule has 3 N–H and O–H groups in total. The minimum atomic E-state index is -5.04. The number of phenolic OH excluding ortho intramolecular Hbond substituents is 1. The summed E-state index contributed by atoms with van der Waals surface area (Å²) < 4.78 is 40.2. The highest BCUT2D eigenvalue weighted by atomic mass is 19.4. The van der Waals surface area contributed by atoms with Crippen LogP contribution in [0.3, 0.4) is 0 Å². The number of benzene rings is 3. The summed E-state index contributed by atoms with van der Waals surface area (Å²) in [6.45, 7) is 0. The van der Waals surface area contributed by atoms with Gasteiger partial charge in [-0.2, -0.15) is 13.2 Å². The van der Waals surface area contributed by atoms with E-state index in [1.54, 1.807) is 6.07 Å². The first-order valence-electron chi connectivity index (χ1n) is 11.2. The van der Waals surface area contributed by atoms with Gasteiger partial charge in [-0.3, -0.25) is 14.9 Å². The zero-order chi connectivity index (χ0) is 26.8. The Morgan fingerprint density at radius 1 is 1.05 bits per heavy atom. The number of alkyl halides is 3. The lowest BCUT2D eigenvalue weighted by Crippen LogP contribution is -2.44. The van der Waals surface area contributed by atoms with Crippen molar-refractivity contribution in [2.45, 2.75) is 36.5 Å². The number of carbonyl (C=O) groups excluding carboxylic acids is 1. The molecule has 1 aliphatic rings. The van der Waals surface area contributed by atoms with E-state index in [-0.39, 0.29) is 17.9 Å². The molecular weight excluding hydrogens is 489 g/mol. The van der Waals surface area contributed by atoms with E-state index >= 15 is 0 Å². The smallest absolute Gasteiger partial charge is 0.423 e. The first-order chi connectivity index (χ1) is 17.4. The fraction of sp³-hybridized carbons (Fsp3) is 0.222. The van der Waals surface area contributed by atoms with Crippen LogP contribution in [0.15, 0.2) is 72.8 Å². The summed E-state index contributed by atoms with van der Waals surface area (Å²) in [5, 5.41) is 34.5. The predicted octanol–water partition coefficient (Wildman–Crippen LogP) is 5.16. The van der Waals surface area contributed by atoms with E-state index in [0.29, 0.717) is 30.5 Å². The molecule has 0 radical (unpaired) electrons. The van der Waals surface area contributed by atoms with Gasteiger partial charge in [0, 0.05) is 23.7 Å². The van der Waals surface area contributed by atoms with E-state index in [4.69, 9.17) is 0 Å². The summed E-state index contributed by atoms with van der Waals surface area (Å²) in [5.41, 5.74) is -4.78. The molecule has 1 atom stereocenters. The molecule has 1 saturated carbocycles. The molecule has 190 valence electrons. The Labute approximate surface area is 209 Å². The minimum Gasteiger partial charge on any atom is -0.508 e. The molecule has 37 heavy (non-hydrogen) atoms. The second kappa shape index (κ2) is 9.59. The Morgan fingerprint density at radius 3 is 2.35 bits per heavy atom. The molecule has 0 aliphatic heterocycles. The number of nitrogens with one attached hydrogen (secondary N) is 1. The minimum absolute atomic E-state index is 0.0756. The molecule has 10 heteroatoms. The van der Waals surface area contributed by atoms with Crippen LogP contribution in [-0.2, 0) is 16.4 Å². The van der Waals surface area contributed by atoms with Crippen LogP contribution in [0.1, 0.15) is 36.0 Å². The van der Waals surface area contributed by atoms with Gasteiger partial charge in [-0.1, -0.05) is 48.2 Å². The van der Waals surface area contributed by atoms with E-state index in [1.165, 1.54) is 18.2 Å². The Bertz CT molecular complexity index is 1410. The van der Waals surface area contributed by atoms with Crippen molar-refractivity contribution >= 4 is 17.3 Å². The number of nitro benzene ring substituents is 1. The van der Waals surface area contributed by atoms with E-state index < -0.39 is 39.3 Å². The van der Waals surface area contributed by atoms with E-state index in [1.807, 2.05) is 30.3 Å². The van der Waals surface area contributed by atoms with Crippen molar-refractivity contribution in [3.05, 3.63) is 99.6 Å². The number of rotatable bonds is 6. The number of anilines is 1. The zero-order valence-electron chi connectivity index (χ0n) is 19.2. The van der Waals surface area contributed by atoms with Gasteiger partial charge in [0.25, 0.3) is 11.6 Å². The first kappa shape index (κ1) is 25.7. The number of amides is 1. The summed E-state index contributed by atoms with van der Waals surface area (Å²) in [5.74, 6) is 4.06. The number of nitrogens with zero attached hydrogens (tertiary/aromatic N) is 1. The third kappa shape index (κ3) is 5.73. The maximum Gasteiger partial charge on any atom is 0.423 e. The summed E-state index contributed by atoms with van der Waals surface area (Å²) in [6.07, 6.45) is -3.85. The number of phenols is 1. The highest BCUT2D eigenvalue weighted by molar-refractivity contribution is 6.00. The molecule has 4 rings (SSSR count). The molecule has 3 aromatic carbocycles. The average molecular weight is 510 g/mol. The van der Waals surface area contributed by atoms with Gasteiger partial charge < -0.3 is 15.5 Å². The third-order valence-electron chi connectivity index (χ3n) is 6.23. The standard InChI is InChI=1S/C27H21F3N2O5/c28-27(29,30)22-16-20(9-10-23(22)32(36)37)31-24(34)26(35,12-11-18-5-4-8-21(33)15-18)17-25(13-14-25)19-6-2-1-3-7-19/h1-10,15-16,33,35H,13-14,17H2,(H,31,34). The van der Waals surface area contributed by atoms with Gasteiger partial charge in [-0.15, -0.1) is 0 Å². The second-order valence-corrected chi connectivity index (χ2v) is 8.92. The average Bonchev–Trinajstić information content (AvgIpc) is 3.63. The van der Waals surface area contributed by atoms with Crippen LogP contribution in [0.4, 0.5) is 24.5 Å². The molecule has 0 bridgehead atoms. The number of carbonyl (C=O) groups is 1. The van der Waals surface area contributed by atoms with Crippen molar-refractivity contribution in [2.75, 3.05) is 5.32 Å². The number of aromatic hydroxyl groups is 1. The highest BCUT2D eigenvalue weighted by Crippen LogP contribution is 2.53. The quantitative estimate of drug-likeness (QED) is 0.241. The topological polar surface area (TPSA) is 113 Å². The van der Waals surface area contributed by atoms with Gasteiger partial charge in [0.15, 0.2) is 0 Å². The van der Waals surface area contributed by atoms with Gasteiger partial charge in [0.1, 0.15) is 11.3 Å². The number of halogens is 3. The normalized spacial score (nSPS) is 15.6. The Kier molecular flexibility index (Phi) is 6.67. The second-order valence-electron chi connectivity index (χ2n) is 8.92. The maximum atomic E-state index is 13.4. The molecule has 0 aromatic heterocycles. The number of nitro groups is 1. The molecule has 0 spiro atoms. The Balaban J connectivity index is 1.70. The Morgan fingerprint density at radius 2 is 1.76 bits per heavy atom. The van der Waals surface area contributed by atoms with Crippen molar-refractivity contribution in [3.63, 3.8) is 0 Å². The zero-order valence-corrected chi connectivity index (χ0v) is 19.2. The lowest BCUT2D eigenvalue weighted by molar-refractivity contribution is -0.388. The molecule has 1 unspecified atom stereocenters. The molecular formula is C27H21F3N2O5. The summed E-state index contributed by atoms with van der Waals surface area (Å²) in [6, 6.07) is 17.1. The maximum absolute atomic E-state index is 13.4. The molecule has 0 heterocycles.